The first-order valence-corrected chi connectivity index (χ1v) is 11.7. The van der Waals surface area contributed by atoms with Crippen molar-refractivity contribution in [3.05, 3.63) is 84.1 Å². The van der Waals surface area contributed by atoms with Gasteiger partial charge in [0.2, 0.25) is 11.8 Å². The number of ether oxygens (including phenoxy) is 1. The Morgan fingerprint density at radius 2 is 1.94 bits per heavy atom. The molecule has 6 heteroatoms. The number of aromatic amines is 1. The van der Waals surface area contributed by atoms with E-state index in [1.807, 2.05) is 59.6 Å². The van der Waals surface area contributed by atoms with Crippen LogP contribution in [0.5, 0.6) is 0 Å². The van der Waals surface area contributed by atoms with Crippen LogP contribution >= 0.6 is 0 Å². The second kappa shape index (κ2) is 7.89. The number of H-pyrrole nitrogens is 1. The van der Waals surface area contributed by atoms with Crippen LogP contribution in [0.25, 0.3) is 10.9 Å². The molecule has 6 nitrogen and oxygen atoms in total. The molecule has 2 bridgehead atoms. The number of carbonyl (C=O) groups excluding carboxylic acids is 2. The lowest BCUT2D eigenvalue weighted by molar-refractivity contribution is -0.137. The summed E-state index contributed by atoms with van der Waals surface area (Å²) in [4.78, 5) is 31.7. The molecule has 4 heterocycles. The van der Waals surface area contributed by atoms with E-state index in [1.54, 1.807) is 0 Å². The van der Waals surface area contributed by atoms with Gasteiger partial charge in [0.25, 0.3) is 0 Å². The molecule has 168 valence electrons. The number of amides is 2. The Hall–Kier alpha value is -3.38. The topological polar surface area (TPSA) is 74.4 Å². The van der Waals surface area contributed by atoms with Gasteiger partial charge < -0.3 is 19.9 Å². The molecule has 3 aromatic rings. The lowest BCUT2D eigenvalue weighted by Crippen LogP contribution is -2.44. The Morgan fingerprint density at radius 1 is 1.12 bits per heavy atom. The van der Waals surface area contributed by atoms with Gasteiger partial charge >= 0.3 is 0 Å². The number of benzene rings is 2. The maximum atomic E-state index is 13.3. The molecule has 6 rings (SSSR count). The van der Waals surface area contributed by atoms with Crippen molar-refractivity contribution in [3.63, 3.8) is 0 Å². The van der Waals surface area contributed by atoms with Crippen LogP contribution in [0.15, 0.2) is 72.9 Å². The van der Waals surface area contributed by atoms with Crippen molar-refractivity contribution in [1.82, 2.24) is 15.2 Å². The lowest BCUT2D eigenvalue weighted by Gasteiger charge is -2.23. The van der Waals surface area contributed by atoms with Crippen molar-refractivity contribution in [2.24, 2.45) is 11.8 Å². The first kappa shape index (κ1) is 20.2. The van der Waals surface area contributed by atoms with Gasteiger partial charge in [-0.15, -0.1) is 0 Å². The third-order valence-electron chi connectivity index (χ3n) is 7.36. The normalized spacial score (nSPS) is 27.5. The summed E-state index contributed by atoms with van der Waals surface area (Å²) in [6.07, 6.45) is 7.19. The fourth-order valence-electron chi connectivity index (χ4n) is 5.75. The molecule has 0 saturated carbocycles. The van der Waals surface area contributed by atoms with E-state index in [-0.39, 0.29) is 17.9 Å². The summed E-state index contributed by atoms with van der Waals surface area (Å²) in [5, 5.41) is 4.26. The number of carbonyl (C=O) groups is 2. The number of nitrogens with one attached hydrogen (secondary N) is 2. The van der Waals surface area contributed by atoms with E-state index >= 15 is 0 Å². The number of aromatic nitrogens is 1. The predicted molar refractivity (Wildman–Crippen MR) is 125 cm³/mol. The molecule has 2 N–H and O–H groups in total. The molecule has 3 aliphatic rings. The molecule has 4 atom stereocenters. The van der Waals surface area contributed by atoms with Crippen LogP contribution in [0.1, 0.15) is 11.1 Å². The molecule has 1 spiro atoms. The molecular weight excluding hydrogens is 414 g/mol. The van der Waals surface area contributed by atoms with Gasteiger partial charge in [-0.05, 0) is 30.0 Å². The Morgan fingerprint density at radius 3 is 2.82 bits per heavy atom. The molecule has 2 amide bonds. The Balaban J connectivity index is 1.11. The van der Waals surface area contributed by atoms with Gasteiger partial charge in [0, 0.05) is 30.2 Å². The summed E-state index contributed by atoms with van der Waals surface area (Å²) >= 11 is 0. The number of hydrogen-bond donors (Lipinski definition) is 2. The Bertz CT molecular complexity index is 1230. The minimum Gasteiger partial charge on any atom is -0.361 e. The molecular formula is C27H27N3O3. The number of fused-ring (bicyclic) bond motifs is 2. The number of rotatable bonds is 7. The van der Waals surface area contributed by atoms with Crippen LogP contribution in [-0.4, -0.2) is 53.0 Å². The van der Waals surface area contributed by atoms with E-state index in [2.05, 4.69) is 28.5 Å². The zero-order valence-corrected chi connectivity index (χ0v) is 18.4. The van der Waals surface area contributed by atoms with Crippen LogP contribution in [0.2, 0.25) is 0 Å². The van der Waals surface area contributed by atoms with Gasteiger partial charge in [0.05, 0.1) is 24.5 Å². The third-order valence-corrected chi connectivity index (χ3v) is 7.36. The standard InChI is InChI=1S/C27H27N3O3/c31-25(28-14-11-19-16-29-21-9-5-4-8-20(19)21)23-22-10-13-27(33-22)17-30(26(32)24(23)27)15-12-18-6-2-1-3-7-18/h1-10,13,16,22-24,29H,11-12,14-15,17H2,(H,28,31)/t22-,23?,24?,27?/m1/s1. The fourth-order valence-corrected chi connectivity index (χ4v) is 5.75. The highest BCUT2D eigenvalue weighted by Crippen LogP contribution is 2.51. The van der Waals surface area contributed by atoms with Gasteiger partial charge in [-0.2, -0.15) is 0 Å². The summed E-state index contributed by atoms with van der Waals surface area (Å²) in [5.41, 5.74) is 2.82. The van der Waals surface area contributed by atoms with E-state index < -0.39 is 17.4 Å². The molecule has 0 radical (unpaired) electrons. The average molecular weight is 442 g/mol. The largest absolute Gasteiger partial charge is 0.361 e. The highest BCUT2D eigenvalue weighted by atomic mass is 16.5. The van der Waals surface area contributed by atoms with Crippen molar-refractivity contribution in [2.75, 3.05) is 19.6 Å². The molecule has 33 heavy (non-hydrogen) atoms. The quantitative estimate of drug-likeness (QED) is 0.554. The molecule has 3 aliphatic heterocycles. The van der Waals surface area contributed by atoms with Gasteiger partial charge in [-0.3, -0.25) is 9.59 Å². The fraction of sp³-hybridized carbons (Fsp3) is 0.333. The minimum atomic E-state index is -0.655. The first-order valence-electron chi connectivity index (χ1n) is 11.7. The second-order valence-electron chi connectivity index (χ2n) is 9.30. The zero-order chi connectivity index (χ0) is 22.4. The summed E-state index contributed by atoms with van der Waals surface area (Å²) in [6, 6.07) is 18.3. The number of hydrogen-bond acceptors (Lipinski definition) is 3. The second-order valence-corrected chi connectivity index (χ2v) is 9.30. The van der Waals surface area contributed by atoms with Crippen molar-refractivity contribution in [3.8, 4) is 0 Å². The molecule has 2 fully saturated rings. The van der Waals surface area contributed by atoms with Gasteiger partial charge in [0.1, 0.15) is 5.60 Å². The van der Waals surface area contributed by atoms with Crippen LogP contribution in [0.4, 0.5) is 0 Å². The summed E-state index contributed by atoms with van der Waals surface area (Å²) in [7, 11) is 0. The summed E-state index contributed by atoms with van der Waals surface area (Å²) in [5.74, 6) is -0.951. The molecule has 1 aromatic heterocycles. The SMILES string of the molecule is O=C(NCCc1c[nH]c2ccccc12)C1C2C(=O)N(CCc3ccccc3)CC23C=C[C@H]1O3. The maximum absolute atomic E-state index is 13.3. The minimum absolute atomic E-state index is 0.0366. The molecule has 2 saturated heterocycles. The first-order chi connectivity index (χ1) is 16.1. The summed E-state index contributed by atoms with van der Waals surface area (Å²) in [6.45, 7) is 1.69. The maximum Gasteiger partial charge on any atom is 0.230 e. The highest BCUT2D eigenvalue weighted by Gasteiger charge is 2.66. The van der Waals surface area contributed by atoms with Crippen molar-refractivity contribution in [1.29, 1.82) is 0 Å². The Kier molecular flexibility index (Phi) is 4.84. The zero-order valence-electron chi connectivity index (χ0n) is 18.4. The third kappa shape index (κ3) is 3.37. The number of para-hydroxylation sites is 1. The van der Waals surface area contributed by atoms with E-state index in [4.69, 9.17) is 4.74 Å². The number of nitrogens with zero attached hydrogens (tertiary/aromatic N) is 1. The van der Waals surface area contributed by atoms with E-state index in [9.17, 15) is 9.59 Å². The predicted octanol–water partition coefficient (Wildman–Crippen LogP) is 2.85. The van der Waals surface area contributed by atoms with Crippen molar-refractivity contribution < 1.29 is 14.3 Å². The van der Waals surface area contributed by atoms with Crippen LogP contribution in [0.3, 0.4) is 0 Å². The van der Waals surface area contributed by atoms with E-state index in [0.29, 0.717) is 19.6 Å². The monoisotopic (exact) mass is 441 g/mol. The Labute approximate surface area is 192 Å². The molecule has 0 aliphatic carbocycles. The number of likely N-dealkylation sites (tertiary alicyclic amines) is 1. The van der Waals surface area contributed by atoms with Crippen molar-refractivity contribution in [2.45, 2.75) is 24.5 Å². The molecule has 3 unspecified atom stereocenters. The van der Waals surface area contributed by atoms with E-state index in [1.165, 1.54) is 16.5 Å². The van der Waals surface area contributed by atoms with Gasteiger partial charge in [-0.25, -0.2) is 0 Å². The van der Waals surface area contributed by atoms with Crippen molar-refractivity contribution >= 4 is 22.7 Å². The smallest absolute Gasteiger partial charge is 0.230 e. The highest BCUT2D eigenvalue weighted by molar-refractivity contribution is 5.93. The molecule has 2 aromatic carbocycles. The lowest BCUT2D eigenvalue weighted by atomic mass is 9.77. The van der Waals surface area contributed by atoms with Gasteiger partial charge in [-0.1, -0.05) is 60.7 Å². The van der Waals surface area contributed by atoms with Crippen LogP contribution in [-0.2, 0) is 27.2 Å². The van der Waals surface area contributed by atoms with E-state index in [0.717, 1.165) is 18.4 Å². The van der Waals surface area contributed by atoms with Crippen LogP contribution < -0.4 is 5.32 Å². The summed E-state index contributed by atoms with van der Waals surface area (Å²) < 4.78 is 6.24. The van der Waals surface area contributed by atoms with Gasteiger partial charge in [0.15, 0.2) is 0 Å². The average Bonchev–Trinajstić information content (AvgIpc) is 3.58. The van der Waals surface area contributed by atoms with Crippen LogP contribution in [0, 0.1) is 11.8 Å².